The second kappa shape index (κ2) is 8.00. The molecule has 0 fully saturated rings. The Hall–Kier alpha value is -5.51. The van der Waals surface area contributed by atoms with Crippen molar-refractivity contribution in [2.45, 2.75) is 6.04 Å². The summed E-state index contributed by atoms with van der Waals surface area (Å²) in [5, 5.41) is 31.6. The van der Waals surface area contributed by atoms with Crippen molar-refractivity contribution in [3.05, 3.63) is 97.4 Å². The lowest BCUT2D eigenvalue weighted by Gasteiger charge is -2.17. The molecule has 6 aromatic heterocycles. The third kappa shape index (κ3) is 2.91. The highest BCUT2D eigenvalue weighted by Crippen LogP contribution is 2.47. The highest BCUT2D eigenvalue weighted by Gasteiger charge is 2.32. The third-order valence-corrected chi connectivity index (χ3v) is 7.05. The minimum absolute atomic E-state index is 0.103. The number of rotatable bonds is 4. The van der Waals surface area contributed by atoms with Gasteiger partial charge in [-0.05, 0) is 41.6 Å². The number of hydrogen-bond donors (Lipinski definition) is 1. The summed E-state index contributed by atoms with van der Waals surface area (Å²) in [5.41, 5.74) is 6.91. The van der Waals surface area contributed by atoms with Gasteiger partial charge in [0.15, 0.2) is 0 Å². The minimum Gasteiger partial charge on any atom is -0.325 e. The number of hydrogen-bond acceptors (Lipinski definition) is 7. The van der Waals surface area contributed by atoms with Crippen LogP contribution in [0.15, 0.2) is 91.7 Å². The van der Waals surface area contributed by atoms with Crippen LogP contribution in [-0.4, -0.2) is 49.9 Å². The first kappa shape index (κ1) is 20.7. The average Bonchev–Trinajstić information content (AvgIpc) is 3.77. The molecule has 0 aliphatic carbocycles. The Labute approximate surface area is 215 Å². The molecule has 1 aliphatic rings. The third-order valence-electron chi connectivity index (χ3n) is 7.05. The largest absolute Gasteiger partial charge is 0.325 e. The number of allylic oxidation sites excluding steroid dienone is 1. The molecule has 7 heterocycles. The predicted octanol–water partition coefficient (Wildman–Crippen LogP) is 4.76. The molecular weight excluding hydrogens is 476 g/mol. The maximum atomic E-state index is 4.94. The van der Waals surface area contributed by atoms with Crippen LogP contribution in [0.3, 0.4) is 0 Å². The van der Waals surface area contributed by atoms with Crippen molar-refractivity contribution in [3.63, 3.8) is 0 Å². The summed E-state index contributed by atoms with van der Waals surface area (Å²) in [6, 6.07) is 18.0. The number of aromatic amines is 1. The molecule has 1 atom stereocenters. The van der Waals surface area contributed by atoms with E-state index in [0.29, 0.717) is 5.69 Å². The average molecular weight is 495 g/mol. The van der Waals surface area contributed by atoms with Gasteiger partial charge in [0.05, 0.1) is 35.5 Å². The van der Waals surface area contributed by atoms with Crippen LogP contribution >= 0.6 is 0 Å². The van der Waals surface area contributed by atoms with Gasteiger partial charge < -0.3 is 9.13 Å². The molecule has 0 spiro atoms. The topological polar surface area (TPSA) is 116 Å². The number of fused-ring (bicyclic) bond motifs is 3. The molecule has 1 N–H and O–H groups in total. The zero-order valence-corrected chi connectivity index (χ0v) is 19.8. The van der Waals surface area contributed by atoms with Crippen molar-refractivity contribution in [2.75, 3.05) is 0 Å². The van der Waals surface area contributed by atoms with E-state index in [-0.39, 0.29) is 6.04 Å². The maximum Gasteiger partial charge on any atom is 0.142 e. The molecule has 10 heteroatoms. The first-order valence-electron chi connectivity index (χ1n) is 12.1. The number of benzene rings is 1. The summed E-state index contributed by atoms with van der Waals surface area (Å²) in [7, 11) is 0. The van der Waals surface area contributed by atoms with Gasteiger partial charge in [-0.2, -0.15) is 10.2 Å². The van der Waals surface area contributed by atoms with E-state index < -0.39 is 0 Å². The fraction of sp³-hybridized carbons (Fsp3) is 0.0357. The number of aromatic nitrogens is 10. The summed E-state index contributed by atoms with van der Waals surface area (Å²) in [6.45, 7) is 0. The molecule has 1 aliphatic heterocycles. The van der Waals surface area contributed by atoms with Crippen LogP contribution in [0.25, 0.3) is 61.9 Å². The fourth-order valence-corrected chi connectivity index (χ4v) is 5.47. The number of nitrogens with one attached hydrogen (secondary N) is 1. The van der Waals surface area contributed by atoms with E-state index in [1.807, 2.05) is 42.6 Å². The van der Waals surface area contributed by atoms with E-state index in [1.165, 1.54) is 0 Å². The smallest absolute Gasteiger partial charge is 0.142 e. The van der Waals surface area contributed by atoms with Gasteiger partial charge in [-0.1, -0.05) is 24.3 Å². The lowest BCUT2D eigenvalue weighted by Crippen LogP contribution is -2.10. The van der Waals surface area contributed by atoms with Crippen LogP contribution in [0.5, 0.6) is 0 Å². The number of nitrogens with zero attached hydrogens (tertiary/aromatic N) is 9. The van der Waals surface area contributed by atoms with Gasteiger partial charge in [0.2, 0.25) is 0 Å². The molecule has 0 bridgehead atoms. The summed E-state index contributed by atoms with van der Waals surface area (Å²) in [4.78, 5) is 4.94. The quantitative estimate of drug-likeness (QED) is 0.375. The van der Waals surface area contributed by atoms with Crippen molar-refractivity contribution in [2.24, 2.45) is 0 Å². The van der Waals surface area contributed by atoms with Crippen LogP contribution in [0.2, 0.25) is 0 Å². The predicted molar refractivity (Wildman–Crippen MR) is 143 cm³/mol. The van der Waals surface area contributed by atoms with E-state index in [0.717, 1.165) is 55.7 Å². The Balaban J connectivity index is 1.59. The molecule has 0 radical (unpaired) electrons. The summed E-state index contributed by atoms with van der Waals surface area (Å²) >= 11 is 0. The lowest BCUT2D eigenvalue weighted by atomic mass is 9.98. The van der Waals surface area contributed by atoms with Gasteiger partial charge >= 0.3 is 0 Å². The maximum absolute atomic E-state index is 4.94. The first-order valence-corrected chi connectivity index (χ1v) is 12.1. The van der Waals surface area contributed by atoms with Crippen LogP contribution in [0.4, 0.5) is 0 Å². The van der Waals surface area contributed by atoms with Crippen molar-refractivity contribution in [1.29, 1.82) is 0 Å². The molecule has 0 saturated heterocycles. The summed E-state index contributed by atoms with van der Waals surface area (Å²) < 4.78 is 4.37. The van der Waals surface area contributed by atoms with Crippen LogP contribution in [-0.2, 0) is 0 Å². The van der Waals surface area contributed by atoms with Gasteiger partial charge in [-0.3, -0.25) is 5.10 Å². The SMILES string of the molecule is C1=Cn2cccc2C1n1c(-c2ccn[nH]2)c(-c2nncc3ccccc23)c2c(-c3ccnnn3)ccnc21. The van der Waals surface area contributed by atoms with Crippen molar-refractivity contribution in [1.82, 2.24) is 49.9 Å². The second-order valence-electron chi connectivity index (χ2n) is 9.03. The van der Waals surface area contributed by atoms with Gasteiger partial charge in [0, 0.05) is 57.8 Å². The first-order chi connectivity index (χ1) is 18.9. The molecule has 38 heavy (non-hydrogen) atoms. The zero-order chi connectivity index (χ0) is 25.1. The van der Waals surface area contributed by atoms with Crippen LogP contribution in [0, 0.1) is 0 Å². The van der Waals surface area contributed by atoms with Crippen LogP contribution in [0.1, 0.15) is 11.7 Å². The Morgan fingerprint density at radius 3 is 2.74 bits per heavy atom. The Morgan fingerprint density at radius 1 is 0.868 bits per heavy atom. The van der Waals surface area contributed by atoms with Gasteiger partial charge in [-0.25, -0.2) is 4.98 Å². The molecule has 0 amide bonds. The monoisotopic (exact) mass is 494 g/mol. The van der Waals surface area contributed by atoms with Crippen LogP contribution < -0.4 is 0 Å². The molecule has 1 unspecified atom stereocenters. The Bertz CT molecular complexity index is 1980. The number of pyridine rings is 1. The molecule has 0 saturated carbocycles. The molecular formula is C28H18N10. The fourth-order valence-electron chi connectivity index (χ4n) is 5.47. The summed E-state index contributed by atoms with van der Waals surface area (Å²) in [6.07, 6.45) is 13.3. The summed E-state index contributed by atoms with van der Waals surface area (Å²) in [5.74, 6) is 0. The van der Waals surface area contributed by atoms with E-state index in [2.05, 4.69) is 76.5 Å². The normalized spacial score (nSPS) is 14.5. The van der Waals surface area contributed by atoms with E-state index in [4.69, 9.17) is 10.1 Å². The molecule has 10 nitrogen and oxygen atoms in total. The number of H-pyrrole nitrogens is 1. The van der Waals surface area contributed by atoms with E-state index >= 15 is 0 Å². The zero-order valence-electron chi connectivity index (χ0n) is 19.8. The minimum atomic E-state index is -0.103. The van der Waals surface area contributed by atoms with Crippen molar-refractivity contribution in [3.8, 4) is 33.9 Å². The van der Waals surface area contributed by atoms with E-state index in [9.17, 15) is 0 Å². The lowest BCUT2D eigenvalue weighted by molar-refractivity contribution is 0.718. The van der Waals surface area contributed by atoms with Crippen molar-refractivity contribution < 1.29 is 0 Å². The highest BCUT2D eigenvalue weighted by atomic mass is 15.3. The van der Waals surface area contributed by atoms with Gasteiger partial charge in [0.25, 0.3) is 0 Å². The molecule has 1 aromatic carbocycles. The van der Waals surface area contributed by atoms with Gasteiger partial charge in [0.1, 0.15) is 11.3 Å². The molecule has 7 aromatic rings. The van der Waals surface area contributed by atoms with Gasteiger partial charge in [-0.15, -0.1) is 15.3 Å². The standard InChI is InChI=1S/C28H18N10/c1-2-5-18-17(4-1)16-32-35-26(18)25-24-19(20-8-13-31-36-34-20)7-11-29-28(24)38(27(25)21-9-12-30-33-21)23-10-15-37-14-3-6-22(23)37/h1-16,23H,(H,30,33). The molecule has 8 rings (SSSR count). The molecule has 180 valence electrons. The van der Waals surface area contributed by atoms with E-state index in [1.54, 1.807) is 18.6 Å². The highest BCUT2D eigenvalue weighted by molar-refractivity contribution is 6.13. The van der Waals surface area contributed by atoms with Crippen molar-refractivity contribution >= 4 is 28.0 Å². The Kier molecular flexibility index (Phi) is 4.35. The second-order valence-corrected chi connectivity index (χ2v) is 9.03. The Morgan fingerprint density at radius 2 is 1.84 bits per heavy atom.